The first kappa shape index (κ1) is 18.9. The summed E-state index contributed by atoms with van der Waals surface area (Å²) in [5, 5.41) is 10.7. The van der Waals surface area contributed by atoms with Gasteiger partial charge in [-0.2, -0.15) is 4.98 Å². The number of carbonyl (C=O) groups excluding carboxylic acids is 1. The molecule has 1 aliphatic carbocycles. The number of benzene rings is 1. The Bertz CT molecular complexity index is 1040. The normalized spacial score (nSPS) is 13.4. The van der Waals surface area contributed by atoms with Crippen molar-refractivity contribution >= 4 is 11.7 Å². The van der Waals surface area contributed by atoms with Crippen LogP contribution in [0.1, 0.15) is 40.8 Å². The van der Waals surface area contributed by atoms with E-state index in [0.717, 1.165) is 12.8 Å². The maximum absolute atomic E-state index is 13.8. The van der Waals surface area contributed by atoms with Crippen LogP contribution in [0.4, 0.5) is 10.2 Å². The summed E-state index contributed by atoms with van der Waals surface area (Å²) in [6, 6.07) is 4.19. The molecule has 0 radical (unpaired) electrons. The summed E-state index contributed by atoms with van der Waals surface area (Å²) in [5.41, 5.74) is 0.674. The molecule has 0 aliphatic heterocycles. The van der Waals surface area contributed by atoms with Crippen molar-refractivity contribution in [2.75, 3.05) is 26.1 Å². The first-order valence-electron chi connectivity index (χ1n) is 9.09. The number of hydrogen-bond donors (Lipinski definition) is 1. The Hall–Kier alpha value is -3.43. The van der Waals surface area contributed by atoms with Crippen molar-refractivity contribution in [3.63, 3.8) is 0 Å². The molecule has 0 saturated heterocycles. The number of rotatable bonds is 7. The van der Waals surface area contributed by atoms with Gasteiger partial charge in [0.05, 0.1) is 13.7 Å². The molecule has 2 aromatic heterocycles. The molecule has 1 aromatic carbocycles. The quantitative estimate of drug-likeness (QED) is 0.644. The van der Waals surface area contributed by atoms with Crippen molar-refractivity contribution in [1.82, 2.24) is 20.6 Å². The lowest BCUT2D eigenvalue weighted by atomic mass is 10.1. The Kier molecular flexibility index (Phi) is 4.91. The molecule has 10 heteroatoms. The van der Waals surface area contributed by atoms with Crippen LogP contribution in [0.25, 0.3) is 11.3 Å². The molecule has 1 amide bonds. The molecule has 3 aromatic rings. The molecule has 1 saturated carbocycles. The SMILES string of the molecule is COc1cc(-c2onc(N(C)C)c2C(=O)NCc2nc(C3CC3)no2)ccc1F. The Balaban J connectivity index is 1.60. The van der Waals surface area contributed by atoms with Gasteiger partial charge in [-0.3, -0.25) is 4.79 Å². The highest BCUT2D eigenvalue weighted by Gasteiger charge is 2.29. The number of amides is 1. The van der Waals surface area contributed by atoms with Crippen molar-refractivity contribution in [1.29, 1.82) is 0 Å². The van der Waals surface area contributed by atoms with Crippen molar-refractivity contribution in [3.8, 4) is 17.1 Å². The lowest BCUT2D eigenvalue weighted by molar-refractivity contribution is 0.0947. The Labute approximate surface area is 165 Å². The predicted molar refractivity (Wildman–Crippen MR) is 100 cm³/mol. The second kappa shape index (κ2) is 7.53. The number of aromatic nitrogens is 3. The predicted octanol–water partition coefficient (Wildman–Crippen LogP) is 2.75. The highest BCUT2D eigenvalue weighted by molar-refractivity contribution is 6.04. The van der Waals surface area contributed by atoms with Gasteiger partial charge < -0.3 is 24.0 Å². The summed E-state index contributed by atoms with van der Waals surface area (Å²) < 4.78 is 29.4. The number of halogens is 1. The van der Waals surface area contributed by atoms with Gasteiger partial charge in [0.25, 0.3) is 5.91 Å². The van der Waals surface area contributed by atoms with E-state index in [4.69, 9.17) is 13.8 Å². The molecule has 2 heterocycles. The van der Waals surface area contributed by atoms with Crippen LogP contribution in [0, 0.1) is 5.82 Å². The molecule has 152 valence electrons. The molecule has 0 bridgehead atoms. The molecule has 0 unspecified atom stereocenters. The first-order chi connectivity index (χ1) is 14.0. The summed E-state index contributed by atoms with van der Waals surface area (Å²) in [5.74, 6) is 0.993. The second-order valence-electron chi connectivity index (χ2n) is 6.96. The van der Waals surface area contributed by atoms with E-state index in [-0.39, 0.29) is 23.6 Å². The summed E-state index contributed by atoms with van der Waals surface area (Å²) in [6.07, 6.45) is 2.12. The molecule has 1 aliphatic rings. The van der Waals surface area contributed by atoms with Crippen LogP contribution in [0.3, 0.4) is 0 Å². The van der Waals surface area contributed by atoms with Gasteiger partial charge >= 0.3 is 0 Å². The smallest absolute Gasteiger partial charge is 0.259 e. The summed E-state index contributed by atoms with van der Waals surface area (Å²) in [6.45, 7) is 0.0722. The molecule has 9 nitrogen and oxygen atoms in total. The van der Waals surface area contributed by atoms with Gasteiger partial charge in [-0.15, -0.1) is 0 Å². The van der Waals surface area contributed by atoms with Gasteiger partial charge in [-0.05, 0) is 31.0 Å². The van der Waals surface area contributed by atoms with E-state index < -0.39 is 11.7 Å². The zero-order valence-electron chi connectivity index (χ0n) is 16.2. The maximum Gasteiger partial charge on any atom is 0.259 e. The van der Waals surface area contributed by atoms with E-state index in [1.807, 2.05) is 0 Å². The van der Waals surface area contributed by atoms with Crippen molar-refractivity contribution in [2.24, 2.45) is 0 Å². The minimum absolute atomic E-state index is 0.0372. The molecule has 29 heavy (non-hydrogen) atoms. The number of hydrogen-bond acceptors (Lipinski definition) is 8. The van der Waals surface area contributed by atoms with Gasteiger partial charge in [0, 0.05) is 25.6 Å². The van der Waals surface area contributed by atoms with Crippen LogP contribution in [-0.2, 0) is 6.54 Å². The monoisotopic (exact) mass is 401 g/mol. The fourth-order valence-corrected chi connectivity index (χ4v) is 2.88. The second-order valence-corrected chi connectivity index (χ2v) is 6.96. The fourth-order valence-electron chi connectivity index (χ4n) is 2.88. The fraction of sp³-hybridized carbons (Fsp3) is 0.368. The third-order valence-corrected chi connectivity index (χ3v) is 4.56. The number of carbonyl (C=O) groups is 1. The van der Waals surface area contributed by atoms with Gasteiger partial charge in [-0.25, -0.2) is 4.39 Å². The molecule has 4 rings (SSSR count). The van der Waals surface area contributed by atoms with Gasteiger partial charge in [0.2, 0.25) is 5.89 Å². The lowest BCUT2D eigenvalue weighted by Gasteiger charge is -2.11. The number of ether oxygens (including phenoxy) is 1. The van der Waals surface area contributed by atoms with Crippen LogP contribution in [0.5, 0.6) is 5.75 Å². The first-order valence-corrected chi connectivity index (χ1v) is 9.09. The summed E-state index contributed by atoms with van der Waals surface area (Å²) >= 11 is 0. The standard InChI is InChI=1S/C19H20FN5O4/c1-25(2)18-15(16(29-24-18)11-6-7-12(20)13(8-11)27-3)19(26)21-9-14-22-17(23-28-14)10-4-5-10/h6-8,10H,4-5,9H2,1-3H3,(H,21,26). The molecular weight excluding hydrogens is 381 g/mol. The van der Waals surface area contributed by atoms with Gasteiger partial charge in [-0.1, -0.05) is 10.3 Å². The molecule has 1 fully saturated rings. The highest BCUT2D eigenvalue weighted by atomic mass is 19.1. The van der Waals surface area contributed by atoms with Crippen molar-refractivity contribution < 1.29 is 23.0 Å². The van der Waals surface area contributed by atoms with E-state index in [9.17, 15) is 9.18 Å². The number of anilines is 1. The molecular formula is C19H20FN5O4. The summed E-state index contributed by atoms with van der Waals surface area (Å²) in [7, 11) is 4.84. The average molecular weight is 401 g/mol. The maximum atomic E-state index is 13.8. The zero-order valence-corrected chi connectivity index (χ0v) is 16.2. The van der Waals surface area contributed by atoms with Crippen molar-refractivity contribution in [3.05, 3.63) is 41.3 Å². The van der Waals surface area contributed by atoms with Crippen LogP contribution >= 0.6 is 0 Å². The van der Waals surface area contributed by atoms with Crippen LogP contribution in [-0.4, -0.2) is 42.4 Å². The third kappa shape index (κ3) is 3.78. The van der Waals surface area contributed by atoms with Gasteiger partial charge in [0.1, 0.15) is 5.56 Å². The van der Waals surface area contributed by atoms with Gasteiger partial charge in [0.15, 0.2) is 29.0 Å². The van der Waals surface area contributed by atoms with E-state index in [0.29, 0.717) is 29.0 Å². The third-order valence-electron chi connectivity index (χ3n) is 4.56. The molecule has 1 N–H and O–H groups in total. The number of methoxy groups -OCH3 is 1. The zero-order chi connectivity index (χ0) is 20.5. The minimum Gasteiger partial charge on any atom is -0.494 e. The van der Waals surface area contributed by atoms with Crippen LogP contribution in [0.2, 0.25) is 0 Å². The molecule has 0 spiro atoms. The topological polar surface area (TPSA) is 107 Å². The molecule has 0 atom stereocenters. The number of nitrogens with one attached hydrogen (secondary N) is 1. The van der Waals surface area contributed by atoms with E-state index in [2.05, 4.69) is 20.6 Å². The lowest BCUT2D eigenvalue weighted by Crippen LogP contribution is -2.25. The summed E-state index contributed by atoms with van der Waals surface area (Å²) in [4.78, 5) is 18.9. The van der Waals surface area contributed by atoms with Crippen LogP contribution < -0.4 is 15.0 Å². The largest absolute Gasteiger partial charge is 0.494 e. The number of nitrogens with zero attached hydrogens (tertiary/aromatic N) is 4. The van der Waals surface area contributed by atoms with Crippen molar-refractivity contribution in [2.45, 2.75) is 25.3 Å². The van der Waals surface area contributed by atoms with E-state index >= 15 is 0 Å². The van der Waals surface area contributed by atoms with E-state index in [1.165, 1.54) is 25.3 Å². The highest BCUT2D eigenvalue weighted by Crippen LogP contribution is 2.38. The minimum atomic E-state index is -0.516. The Morgan fingerprint density at radius 1 is 1.31 bits per heavy atom. The average Bonchev–Trinajstić information content (AvgIpc) is 3.27. The van der Waals surface area contributed by atoms with E-state index in [1.54, 1.807) is 19.0 Å². The Morgan fingerprint density at radius 2 is 2.10 bits per heavy atom. The Morgan fingerprint density at radius 3 is 2.79 bits per heavy atom. The van der Waals surface area contributed by atoms with Crippen LogP contribution in [0.15, 0.2) is 27.2 Å².